The fraction of sp³-hybridized carbons (Fsp3) is 0.250. The highest BCUT2D eigenvalue weighted by Gasteiger charge is 2.17. The van der Waals surface area contributed by atoms with E-state index in [9.17, 15) is 4.79 Å². The number of hydrogen-bond donors (Lipinski definition) is 1. The fourth-order valence-corrected chi connectivity index (χ4v) is 3.23. The van der Waals surface area contributed by atoms with Gasteiger partial charge >= 0.3 is 6.09 Å². The molecule has 0 aromatic carbocycles. The molecule has 20 heavy (non-hydrogen) atoms. The minimum Gasteiger partial charge on any atom is -0.441 e. The van der Waals surface area contributed by atoms with E-state index >= 15 is 0 Å². The molecule has 1 amide bonds. The Morgan fingerprint density at radius 1 is 1.60 bits per heavy atom. The molecule has 0 aliphatic carbocycles. The molecule has 0 bridgehead atoms. The summed E-state index contributed by atoms with van der Waals surface area (Å²) in [6, 6.07) is 3.52. The smallest absolute Gasteiger partial charge is 0.412 e. The van der Waals surface area contributed by atoms with Gasteiger partial charge in [0.1, 0.15) is 14.1 Å². The number of carbonyl (C=O) groups is 1. The fourth-order valence-electron chi connectivity index (χ4n) is 1.54. The number of nitrogens with one attached hydrogen (secondary N) is 1. The van der Waals surface area contributed by atoms with Crippen LogP contribution in [0.2, 0.25) is 5.15 Å². The molecule has 8 heteroatoms. The highest BCUT2D eigenvalue weighted by atomic mass is 127. The van der Waals surface area contributed by atoms with E-state index in [-0.39, 0.29) is 0 Å². The second-order valence-electron chi connectivity index (χ2n) is 3.97. The number of aromatic nitrogens is 2. The second-order valence-corrected chi connectivity index (χ2v) is 6.91. The molecule has 1 N–H and O–H groups in total. The lowest BCUT2D eigenvalue weighted by molar-refractivity contribution is 0.121. The van der Waals surface area contributed by atoms with Gasteiger partial charge in [-0.15, -0.1) is 0 Å². The predicted octanol–water partition coefficient (Wildman–Crippen LogP) is 4.41. The van der Waals surface area contributed by atoms with Gasteiger partial charge in [-0.2, -0.15) is 4.37 Å². The van der Waals surface area contributed by atoms with E-state index in [0.717, 1.165) is 8.58 Å². The molecule has 106 valence electrons. The van der Waals surface area contributed by atoms with Crippen molar-refractivity contribution in [1.29, 1.82) is 0 Å². The molecule has 5 nitrogen and oxygen atoms in total. The van der Waals surface area contributed by atoms with Crippen LogP contribution in [0, 0.1) is 9.81 Å². The van der Waals surface area contributed by atoms with Gasteiger partial charge in [0.2, 0.25) is 0 Å². The van der Waals surface area contributed by atoms with Gasteiger partial charge < -0.3 is 4.74 Å². The lowest BCUT2D eigenvalue weighted by Crippen LogP contribution is -2.17. The standard InChI is InChI=1S/C12H11ClIN3O2S/c1-6-9(11(14)20-17-6)16-12(18)19-7(2)8-4-3-5-15-10(8)13/h3-5,7H,1-2H3,(H,16,18)/t7-/m1/s1. The van der Waals surface area contributed by atoms with E-state index in [4.69, 9.17) is 16.3 Å². The quantitative estimate of drug-likeness (QED) is 0.586. The number of hydrogen-bond acceptors (Lipinski definition) is 5. The molecule has 0 radical (unpaired) electrons. The van der Waals surface area contributed by atoms with Crippen molar-refractivity contribution in [3.8, 4) is 0 Å². The number of rotatable bonds is 3. The molecule has 0 saturated heterocycles. The van der Waals surface area contributed by atoms with Gasteiger partial charge in [0.15, 0.2) is 0 Å². The molecule has 2 aromatic heterocycles. The third kappa shape index (κ3) is 3.58. The van der Waals surface area contributed by atoms with Crippen LogP contribution in [-0.4, -0.2) is 15.5 Å². The third-order valence-corrected chi connectivity index (χ3v) is 4.73. The minimum atomic E-state index is -0.543. The first-order chi connectivity index (χ1) is 9.49. The van der Waals surface area contributed by atoms with Gasteiger partial charge in [-0.25, -0.2) is 9.78 Å². The number of aryl methyl sites for hydroxylation is 1. The molecule has 0 aliphatic rings. The van der Waals surface area contributed by atoms with Crippen molar-refractivity contribution < 1.29 is 9.53 Å². The Morgan fingerprint density at radius 3 is 2.95 bits per heavy atom. The highest BCUT2D eigenvalue weighted by Crippen LogP contribution is 2.27. The summed E-state index contributed by atoms with van der Waals surface area (Å²) in [6.45, 7) is 3.57. The van der Waals surface area contributed by atoms with Gasteiger partial charge in [0.05, 0.1) is 11.4 Å². The summed E-state index contributed by atoms with van der Waals surface area (Å²) >= 11 is 9.41. The maximum Gasteiger partial charge on any atom is 0.412 e. The molecule has 2 rings (SSSR count). The number of amides is 1. The first-order valence-electron chi connectivity index (χ1n) is 5.69. The molecule has 0 unspecified atom stereocenters. The summed E-state index contributed by atoms with van der Waals surface area (Å²) in [4.78, 5) is 15.8. The van der Waals surface area contributed by atoms with Crippen LogP contribution >= 0.6 is 45.7 Å². The molecule has 0 saturated carbocycles. The third-order valence-electron chi connectivity index (χ3n) is 2.56. The average molecular weight is 424 g/mol. The van der Waals surface area contributed by atoms with Crippen LogP contribution in [0.1, 0.15) is 24.3 Å². The Hall–Kier alpha value is -0.930. The van der Waals surface area contributed by atoms with Gasteiger partial charge in [0, 0.05) is 11.8 Å². The molecule has 0 spiro atoms. The first-order valence-corrected chi connectivity index (χ1v) is 7.92. The van der Waals surface area contributed by atoms with Crippen molar-refractivity contribution in [2.45, 2.75) is 20.0 Å². The molecular weight excluding hydrogens is 413 g/mol. The lowest BCUT2D eigenvalue weighted by atomic mass is 10.2. The van der Waals surface area contributed by atoms with Crippen molar-refractivity contribution in [3.63, 3.8) is 0 Å². The number of halogens is 2. The maximum atomic E-state index is 11.9. The molecule has 0 aliphatic heterocycles. The van der Waals surface area contributed by atoms with Crippen molar-refractivity contribution in [3.05, 3.63) is 37.6 Å². The number of pyridine rings is 1. The van der Waals surface area contributed by atoms with Gasteiger partial charge in [-0.1, -0.05) is 17.7 Å². The van der Waals surface area contributed by atoms with Crippen LogP contribution < -0.4 is 5.32 Å². The Labute approximate surface area is 139 Å². The SMILES string of the molecule is Cc1nsc(I)c1NC(=O)O[C@H](C)c1cccnc1Cl. The second kappa shape index (κ2) is 6.68. The lowest BCUT2D eigenvalue weighted by Gasteiger charge is -2.14. The summed E-state index contributed by atoms with van der Waals surface area (Å²) in [7, 11) is 0. The largest absolute Gasteiger partial charge is 0.441 e. The molecule has 0 fully saturated rings. The Bertz CT molecular complexity index is 615. The van der Waals surface area contributed by atoms with Gasteiger partial charge in [0.25, 0.3) is 0 Å². The van der Waals surface area contributed by atoms with Gasteiger partial charge in [-0.05, 0) is 54.0 Å². The van der Waals surface area contributed by atoms with Gasteiger partial charge in [-0.3, -0.25) is 5.32 Å². The number of ether oxygens (including phenoxy) is 1. The Balaban J connectivity index is 2.04. The molecule has 2 aromatic rings. The van der Waals surface area contributed by atoms with Crippen LogP contribution in [-0.2, 0) is 4.74 Å². The number of carbonyl (C=O) groups excluding carboxylic acids is 1. The maximum absolute atomic E-state index is 11.9. The highest BCUT2D eigenvalue weighted by molar-refractivity contribution is 14.1. The van der Waals surface area contributed by atoms with E-state index in [1.54, 1.807) is 25.3 Å². The van der Waals surface area contributed by atoms with Crippen LogP contribution in [0.3, 0.4) is 0 Å². The van der Waals surface area contributed by atoms with Crippen LogP contribution in [0.25, 0.3) is 0 Å². The zero-order valence-corrected chi connectivity index (χ0v) is 14.4. The van der Waals surface area contributed by atoms with Crippen molar-refractivity contribution in [2.24, 2.45) is 0 Å². The zero-order chi connectivity index (χ0) is 14.7. The Morgan fingerprint density at radius 2 is 2.35 bits per heavy atom. The monoisotopic (exact) mass is 423 g/mol. The zero-order valence-electron chi connectivity index (χ0n) is 10.7. The van der Waals surface area contributed by atoms with Crippen LogP contribution in [0.15, 0.2) is 18.3 Å². The van der Waals surface area contributed by atoms with Crippen molar-refractivity contribution in [1.82, 2.24) is 9.36 Å². The topological polar surface area (TPSA) is 64.1 Å². The summed E-state index contributed by atoms with van der Waals surface area (Å²) in [5.74, 6) is 0. The first kappa shape index (κ1) is 15.5. The van der Waals surface area contributed by atoms with E-state index < -0.39 is 12.2 Å². The van der Waals surface area contributed by atoms with Crippen molar-refractivity contribution in [2.75, 3.05) is 5.32 Å². The molecule has 1 atom stereocenters. The summed E-state index contributed by atoms with van der Waals surface area (Å²) in [5.41, 5.74) is 2.12. The Kier molecular flexibility index (Phi) is 5.17. The van der Waals surface area contributed by atoms with Crippen molar-refractivity contribution >= 4 is 57.5 Å². The van der Waals surface area contributed by atoms with Crippen LogP contribution in [0.4, 0.5) is 10.5 Å². The van der Waals surface area contributed by atoms with E-state index in [1.165, 1.54) is 11.5 Å². The van der Waals surface area contributed by atoms with Crippen LogP contribution in [0.5, 0.6) is 0 Å². The summed E-state index contributed by atoms with van der Waals surface area (Å²) in [5, 5.41) is 3.02. The summed E-state index contributed by atoms with van der Waals surface area (Å²) in [6.07, 6.45) is 0.556. The molecule has 2 heterocycles. The predicted molar refractivity (Wildman–Crippen MR) is 87.3 cm³/mol. The summed E-state index contributed by atoms with van der Waals surface area (Å²) < 4.78 is 10.4. The number of nitrogens with zero attached hydrogens (tertiary/aromatic N) is 2. The minimum absolute atomic E-state index is 0.329. The molecular formula is C12H11ClIN3O2S. The average Bonchev–Trinajstić information content (AvgIpc) is 2.71. The number of anilines is 1. The normalized spacial score (nSPS) is 12.0. The van der Waals surface area contributed by atoms with E-state index in [2.05, 4.69) is 37.3 Å². The van der Waals surface area contributed by atoms with E-state index in [1.807, 2.05) is 6.92 Å². The van der Waals surface area contributed by atoms with E-state index in [0.29, 0.717) is 16.4 Å².